The lowest BCUT2D eigenvalue weighted by molar-refractivity contribution is -0.167. The van der Waals surface area contributed by atoms with Crippen molar-refractivity contribution in [1.29, 1.82) is 0 Å². The Morgan fingerprint density at radius 1 is 0.308 bits per heavy atom. The Morgan fingerprint density at radius 2 is 0.569 bits per heavy atom. The van der Waals surface area contributed by atoms with Crippen molar-refractivity contribution in [3.05, 3.63) is 48.6 Å². The molecule has 0 saturated heterocycles. The van der Waals surface area contributed by atoms with Gasteiger partial charge in [0.1, 0.15) is 13.2 Å². The van der Waals surface area contributed by atoms with Crippen LogP contribution in [0.5, 0.6) is 0 Å². The van der Waals surface area contributed by atoms with Crippen LogP contribution in [0.2, 0.25) is 0 Å². The van der Waals surface area contributed by atoms with Gasteiger partial charge in [-0.2, -0.15) is 0 Å². The Morgan fingerprint density at radius 3 is 0.954 bits per heavy atom. The minimum Gasteiger partial charge on any atom is -0.462 e. The van der Waals surface area contributed by atoms with Crippen molar-refractivity contribution in [2.75, 3.05) is 13.2 Å². The summed E-state index contributed by atoms with van der Waals surface area (Å²) in [5.74, 6) is -0.934. The van der Waals surface area contributed by atoms with Gasteiger partial charge in [-0.15, -0.1) is 0 Å². The largest absolute Gasteiger partial charge is 0.462 e. The van der Waals surface area contributed by atoms with Gasteiger partial charge < -0.3 is 14.2 Å². The van der Waals surface area contributed by atoms with E-state index < -0.39 is 6.10 Å². The quantitative estimate of drug-likeness (QED) is 0.0262. The Kier molecular flexibility index (Phi) is 51.8. The highest BCUT2D eigenvalue weighted by Gasteiger charge is 2.19. The van der Waals surface area contributed by atoms with Crippen LogP contribution >= 0.6 is 0 Å². The first-order valence-electron chi connectivity index (χ1n) is 28.1. The van der Waals surface area contributed by atoms with Gasteiger partial charge >= 0.3 is 17.9 Å². The van der Waals surface area contributed by atoms with Crippen LogP contribution in [0.3, 0.4) is 0 Å². The second kappa shape index (κ2) is 54.0. The second-order valence-corrected chi connectivity index (χ2v) is 18.8. The average Bonchev–Trinajstić information content (AvgIpc) is 3.30. The van der Waals surface area contributed by atoms with Gasteiger partial charge in [-0.25, -0.2) is 0 Å². The van der Waals surface area contributed by atoms with Crippen molar-refractivity contribution in [2.45, 2.75) is 297 Å². The summed E-state index contributed by atoms with van der Waals surface area (Å²) in [7, 11) is 0. The van der Waals surface area contributed by atoms with Crippen LogP contribution in [-0.4, -0.2) is 37.2 Å². The molecule has 0 aromatic rings. The van der Waals surface area contributed by atoms with Crippen LogP contribution in [0.25, 0.3) is 0 Å². The minimum atomic E-state index is -0.793. The van der Waals surface area contributed by atoms with E-state index in [0.717, 1.165) is 57.8 Å². The molecular formula is C59H106O6. The van der Waals surface area contributed by atoms with E-state index in [1.54, 1.807) is 0 Å². The molecule has 0 radical (unpaired) electrons. The standard InChI is InChI=1S/C59H106O6/c1-4-7-10-13-16-19-22-25-28-29-32-34-37-40-43-46-49-52-58(61)64-55-56(65-59(62)53-50-47-44-41-38-35-31-27-24-21-18-15-12-9-6-3)54-63-57(60)51-48-45-42-39-36-33-30-26-23-20-17-14-11-8-5-2/h21,24-25,28,32,34,40,43,56H,4-20,22-23,26-27,29-31,33,35-39,41-42,44-55H2,1-3H3/b24-21-,28-25-,34-32-,43-40-. The minimum absolute atomic E-state index is 0.0875. The van der Waals surface area contributed by atoms with Crippen molar-refractivity contribution in [1.82, 2.24) is 0 Å². The first-order chi connectivity index (χ1) is 32.0. The SMILES string of the molecule is CCCCCC/C=C\CCCCCCCCCC(=O)OC(COC(=O)CCC/C=C\C/C=C\C/C=C\CCCCCCCC)COC(=O)CCCCCCCCCCCCCCCCC. The van der Waals surface area contributed by atoms with Gasteiger partial charge in [0, 0.05) is 19.3 Å². The maximum atomic E-state index is 12.8. The first-order valence-corrected chi connectivity index (χ1v) is 28.1. The van der Waals surface area contributed by atoms with E-state index in [2.05, 4.69) is 69.4 Å². The maximum Gasteiger partial charge on any atom is 0.306 e. The molecule has 0 aromatic carbocycles. The van der Waals surface area contributed by atoms with Crippen LogP contribution in [0, 0.1) is 0 Å². The Balaban J connectivity index is 4.43. The van der Waals surface area contributed by atoms with Gasteiger partial charge in [0.15, 0.2) is 6.10 Å². The van der Waals surface area contributed by atoms with E-state index in [1.807, 2.05) is 0 Å². The third-order valence-corrected chi connectivity index (χ3v) is 12.3. The number of carbonyl (C=O) groups excluding carboxylic acids is 3. The fourth-order valence-electron chi connectivity index (χ4n) is 8.04. The molecule has 0 bridgehead atoms. The predicted octanol–water partition coefficient (Wildman–Crippen LogP) is 18.7. The van der Waals surface area contributed by atoms with Crippen LogP contribution in [0.15, 0.2) is 48.6 Å². The normalized spacial score (nSPS) is 12.4. The summed E-state index contributed by atoms with van der Waals surface area (Å²) >= 11 is 0. The highest BCUT2D eigenvalue weighted by Crippen LogP contribution is 2.16. The topological polar surface area (TPSA) is 78.9 Å². The number of carbonyl (C=O) groups is 3. The van der Waals surface area contributed by atoms with E-state index >= 15 is 0 Å². The van der Waals surface area contributed by atoms with Crippen LogP contribution in [0.1, 0.15) is 290 Å². The van der Waals surface area contributed by atoms with Crippen LogP contribution in [0.4, 0.5) is 0 Å². The smallest absolute Gasteiger partial charge is 0.306 e. The molecule has 1 atom stereocenters. The highest BCUT2D eigenvalue weighted by atomic mass is 16.6. The molecule has 0 N–H and O–H groups in total. The second-order valence-electron chi connectivity index (χ2n) is 18.8. The number of allylic oxidation sites excluding steroid dienone is 8. The Bertz CT molecular complexity index is 1140. The number of rotatable bonds is 51. The molecule has 0 saturated carbocycles. The highest BCUT2D eigenvalue weighted by molar-refractivity contribution is 5.71. The van der Waals surface area contributed by atoms with Crippen LogP contribution < -0.4 is 0 Å². The summed E-state index contributed by atoms with van der Waals surface area (Å²) in [4.78, 5) is 38.1. The first kappa shape index (κ1) is 62.4. The number of hydrogen-bond donors (Lipinski definition) is 0. The van der Waals surface area contributed by atoms with Crippen molar-refractivity contribution in [3.63, 3.8) is 0 Å². The third-order valence-electron chi connectivity index (χ3n) is 12.3. The summed E-state index contributed by atoms with van der Waals surface area (Å²) in [6, 6.07) is 0. The molecule has 65 heavy (non-hydrogen) atoms. The molecule has 0 rings (SSSR count). The van der Waals surface area contributed by atoms with Crippen molar-refractivity contribution < 1.29 is 28.6 Å². The lowest BCUT2D eigenvalue weighted by Crippen LogP contribution is -2.30. The summed E-state index contributed by atoms with van der Waals surface area (Å²) < 4.78 is 16.8. The number of unbranched alkanes of at least 4 members (excludes halogenated alkanes) is 32. The van der Waals surface area contributed by atoms with E-state index in [0.29, 0.717) is 25.7 Å². The van der Waals surface area contributed by atoms with Crippen LogP contribution in [-0.2, 0) is 28.6 Å². The van der Waals surface area contributed by atoms with Gasteiger partial charge in [-0.3, -0.25) is 14.4 Å². The zero-order valence-corrected chi connectivity index (χ0v) is 43.3. The lowest BCUT2D eigenvalue weighted by atomic mass is 10.0. The van der Waals surface area contributed by atoms with Gasteiger partial charge in [0.05, 0.1) is 0 Å². The molecule has 0 aliphatic rings. The maximum absolute atomic E-state index is 12.8. The monoisotopic (exact) mass is 911 g/mol. The molecule has 0 aliphatic heterocycles. The predicted molar refractivity (Wildman–Crippen MR) is 279 cm³/mol. The molecule has 0 amide bonds. The number of ether oxygens (including phenoxy) is 3. The van der Waals surface area contributed by atoms with Gasteiger partial charge in [-0.05, 0) is 77.0 Å². The molecule has 0 fully saturated rings. The summed E-state index contributed by atoms with van der Waals surface area (Å²) in [6.45, 7) is 6.60. The van der Waals surface area contributed by atoms with Crippen molar-refractivity contribution in [3.8, 4) is 0 Å². The van der Waals surface area contributed by atoms with E-state index in [1.165, 1.54) is 186 Å². The molecule has 0 aromatic heterocycles. The van der Waals surface area contributed by atoms with Gasteiger partial charge in [0.2, 0.25) is 0 Å². The number of hydrogen-bond acceptors (Lipinski definition) is 6. The molecule has 0 aliphatic carbocycles. The molecular weight excluding hydrogens is 805 g/mol. The fourth-order valence-corrected chi connectivity index (χ4v) is 8.04. The zero-order valence-electron chi connectivity index (χ0n) is 43.3. The third kappa shape index (κ3) is 52.2. The molecule has 0 heterocycles. The average molecular weight is 911 g/mol. The summed E-state index contributed by atoms with van der Waals surface area (Å²) in [5.41, 5.74) is 0. The Hall–Kier alpha value is -2.63. The Labute approximate surface area is 403 Å². The zero-order chi connectivity index (χ0) is 47.2. The van der Waals surface area contributed by atoms with Crippen molar-refractivity contribution >= 4 is 17.9 Å². The van der Waals surface area contributed by atoms with Gasteiger partial charge in [0.25, 0.3) is 0 Å². The van der Waals surface area contributed by atoms with E-state index in [4.69, 9.17) is 14.2 Å². The summed E-state index contributed by atoms with van der Waals surface area (Å²) in [6.07, 6.45) is 65.3. The molecule has 6 nitrogen and oxygen atoms in total. The molecule has 1 unspecified atom stereocenters. The molecule has 378 valence electrons. The summed E-state index contributed by atoms with van der Waals surface area (Å²) in [5, 5.41) is 0. The molecule has 0 spiro atoms. The van der Waals surface area contributed by atoms with E-state index in [9.17, 15) is 14.4 Å². The molecule has 6 heteroatoms. The fraction of sp³-hybridized carbons (Fsp3) is 0.814. The van der Waals surface area contributed by atoms with E-state index in [-0.39, 0.29) is 31.1 Å². The van der Waals surface area contributed by atoms with Gasteiger partial charge in [-0.1, -0.05) is 243 Å². The lowest BCUT2D eigenvalue weighted by Gasteiger charge is -2.18. The van der Waals surface area contributed by atoms with Crippen molar-refractivity contribution in [2.24, 2.45) is 0 Å². The number of esters is 3.